The zero-order valence-electron chi connectivity index (χ0n) is 21.4. The molecule has 0 radical (unpaired) electrons. The van der Waals surface area contributed by atoms with E-state index < -0.39 is 0 Å². The Balaban J connectivity index is 1.47. The van der Waals surface area contributed by atoms with Gasteiger partial charge < -0.3 is 28.7 Å². The number of methoxy groups -OCH3 is 4. The van der Waals surface area contributed by atoms with Crippen molar-refractivity contribution in [3.05, 3.63) is 47.0 Å². The number of nitrogens with zero attached hydrogens (tertiary/aromatic N) is 2. The lowest BCUT2D eigenvalue weighted by Gasteiger charge is -2.24. The fourth-order valence-electron chi connectivity index (χ4n) is 4.54. The number of alkyl halides is 1. The molecule has 0 bridgehead atoms. The van der Waals surface area contributed by atoms with Crippen molar-refractivity contribution in [2.24, 2.45) is 0 Å². The van der Waals surface area contributed by atoms with Crippen LogP contribution in [0.4, 0.5) is 0 Å². The molecule has 0 aromatic heterocycles. The maximum Gasteiger partial charge on any atom is 0.227 e. The molecule has 1 unspecified atom stereocenters. The van der Waals surface area contributed by atoms with Crippen LogP contribution in [0.2, 0.25) is 0 Å². The second-order valence-electron chi connectivity index (χ2n) is 8.89. The molecule has 3 rings (SSSR count). The summed E-state index contributed by atoms with van der Waals surface area (Å²) in [4.78, 5) is 17.1. The molecular weight excluding hydrogens is 468 g/mol. The van der Waals surface area contributed by atoms with Crippen molar-refractivity contribution in [3.63, 3.8) is 0 Å². The highest BCUT2D eigenvalue weighted by molar-refractivity contribution is 6.20. The third kappa shape index (κ3) is 7.18. The number of benzene rings is 2. The van der Waals surface area contributed by atoms with E-state index in [9.17, 15) is 4.79 Å². The molecule has 0 spiro atoms. The quantitative estimate of drug-likeness (QED) is 0.409. The van der Waals surface area contributed by atoms with Gasteiger partial charge in [-0.2, -0.15) is 0 Å². The highest BCUT2D eigenvalue weighted by Crippen LogP contribution is 2.32. The highest BCUT2D eigenvalue weighted by Gasteiger charge is 2.22. The van der Waals surface area contributed by atoms with Crippen molar-refractivity contribution in [2.75, 3.05) is 61.7 Å². The van der Waals surface area contributed by atoms with Crippen molar-refractivity contribution in [1.82, 2.24) is 9.80 Å². The predicted octanol–water partition coefficient (Wildman–Crippen LogP) is 3.82. The van der Waals surface area contributed by atoms with E-state index in [0.717, 1.165) is 55.6 Å². The molecule has 1 aliphatic rings. The Labute approximate surface area is 213 Å². The lowest BCUT2D eigenvalue weighted by atomic mass is 10.0. The molecule has 0 saturated carbocycles. The van der Waals surface area contributed by atoms with Crippen molar-refractivity contribution in [1.29, 1.82) is 0 Å². The molecule has 1 atom stereocenters. The third-order valence-corrected chi connectivity index (χ3v) is 6.73. The first kappa shape index (κ1) is 27.0. The van der Waals surface area contributed by atoms with Crippen molar-refractivity contribution >= 4 is 17.5 Å². The number of carbonyl (C=O) groups is 1. The molecule has 7 nitrogen and oxygen atoms in total. The van der Waals surface area contributed by atoms with Crippen LogP contribution in [-0.4, -0.2) is 82.7 Å². The Morgan fingerprint density at radius 3 is 2.23 bits per heavy atom. The summed E-state index contributed by atoms with van der Waals surface area (Å²) in [6.07, 6.45) is 2.83. The summed E-state index contributed by atoms with van der Waals surface area (Å²) in [5.41, 5.74) is 3.28. The molecule has 1 amide bonds. The van der Waals surface area contributed by atoms with Gasteiger partial charge in [0.2, 0.25) is 5.91 Å². The lowest BCUT2D eigenvalue weighted by molar-refractivity contribution is -0.130. The number of hydrogen-bond donors (Lipinski definition) is 0. The van der Waals surface area contributed by atoms with Gasteiger partial charge in [0, 0.05) is 19.6 Å². The molecule has 2 aromatic rings. The van der Waals surface area contributed by atoms with Gasteiger partial charge in [0.05, 0.1) is 40.2 Å². The van der Waals surface area contributed by atoms with Crippen LogP contribution >= 0.6 is 11.6 Å². The summed E-state index contributed by atoms with van der Waals surface area (Å²) in [6.45, 7) is 3.07. The van der Waals surface area contributed by atoms with Crippen molar-refractivity contribution in [2.45, 2.75) is 31.1 Å². The van der Waals surface area contributed by atoms with E-state index in [-0.39, 0.29) is 11.3 Å². The van der Waals surface area contributed by atoms with Crippen molar-refractivity contribution < 1.29 is 23.7 Å². The number of ether oxygens (including phenoxy) is 4. The van der Waals surface area contributed by atoms with Gasteiger partial charge >= 0.3 is 0 Å². The topological polar surface area (TPSA) is 60.5 Å². The van der Waals surface area contributed by atoms with Crippen LogP contribution < -0.4 is 18.9 Å². The number of amides is 1. The standard InChI is InChI=1S/C27H37ClN2O5/c1-29(18-22(28)13-19-7-8-23(32-2)24(14-19)33-3)10-6-11-30-12-9-20-15-25(34-4)26(35-5)16-21(20)17-27(30)31/h7-8,14-16,22H,6,9-13,17-18H2,1-5H3. The Morgan fingerprint density at radius 2 is 1.57 bits per heavy atom. The van der Waals surface area contributed by atoms with E-state index >= 15 is 0 Å². The van der Waals surface area contributed by atoms with E-state index in [1.807, 2.05) is 35.2 Å². The van der Waals surface area contributed by atoms with Gasteiger partial charge in [-0.1, -0.05) is 6.07 Å². The molecule has 0 fully saturated rings. The largest absolute Gasteiger partial charge is 0.493 e. The second-order valence-corrected chi connectivity index (χ2v) is 9.51. The number of rotatable bonds is 12. The van der Waals surface area contributed by atoms with Crippen LogP contribution in [0.15, 0.2) is 30.3 Å². The van der Waals surface area contributed by atoms with Gasteiger partial charge in [0.25, 0.3) is 0 Å². The summed E-state index contributed by atoms with van der Waals surface area (Å²) in [5.74, 6) is 2.95. The van der Waals surface area contributed by atoms with E-state index in [1.54, 1.807) is 28.4 Å². The normalized spacial score (nSPS) is 14.4. The minimum Gasteiger partial charge on any atom is -0.493 e. The number of hydrogen-bond acceptors (Lipinski definition) is 6. The van der Waals surface area contributed by atoms with Gasteiger partial charge in [-0.05, 0) is 73.8 Å². The Hall–Kier alpha value is -2.64. The molecule has 2 aromatic carbocycles. The maximum absolute atomic E-state index is 12.9. The zero-order chi connectivity index (χ0) is 25.4. The van der Waals surface area contributed by atoms with Crippen LogP contribution in [-0.2, 0) is 24.1 Å². The average molecular weight is 505 g/mol. The Bertz CT molecular complexity index is 1000. The fourth-order valence-corrected chi connectivity index (χ4v) is 4.95. The molecule has 0 N–H and O–H groups in total. The summed E-state index contributed by atoms with van der Waals surface area (Å²) in [7, 11) is 8.58. The SMILES string of the molecule is COc1ccc(CC(Cl)CN(C)CCCN2CCc3cc(OC)c(OC)cc3CC2=O)cc1OC. The van der Waals surface area contributed by atoms with Crippen LogP contribution in [0.1, 0.15) is 23.1 Å². The van der Waals surface area contributed by atoms with Gasteiger partial charge in [-0.15, -0.1) is 11.6 Å². The van der Waals surface area contributed by atoms with Crippen LogP contribution in [0.3, 0.4) is 0 Å². The molecule has 192 valence electrons. The van der Waals surface area contributed by atoms with Crippen LogP contribution in [0, 0.1) is 0 Å². The smallest absolute Gasteiger partial charge is 0.227 e. The van der Waals surface area contributed by atoms with E-state index in [1.165, 1.54) is 0 Å². The third-order valence-electron chi connectivity index (χ3n) is 6.43. The molecule has 1 heterocycles. The monoisotopic (exact) mass is 504 g/mol. The molecule has 1 aliphatic heterocycles. The molecule has 0 aliphatic carbocycles. The highest BCUT2D eigenvalue weighted by atomic mass is 35.5. The first-order valence-electron chi connectivity index (χ1n) is 11.9. The van der Waals surface area contributed by atoms with Gasteiger partial charge in [-0.3, -0.25) is 4.79 Å². The first-order valence-corrected chi connectivity index (χ1v) is 12.4. The minimum atomic E-state index is -0.0302. The van der Waals surface area contributed by atoms with Gasteiger partial charge in [-0.25, -0.2) is 0 Å². The van der Waals surface area contributed by atoms with Crippen molar-refractivity contribution in [3.8, 4) is 23.0 Å². The van der Waals surface area contributed by atoms with E-state index in [4.69, 9.17) is 30.5 Å². The number of carbonyl (C=O) groups excluding carboxylic acids is 1. The van der Waals surface area contributed by atoms with Gasteiger partial charge in [0.1, 0.15) is 0 Å². The fraction of sp³-hybridized carbons (Fsp3) is 0.519. The zero-order valence-corrected chi connectivity index (χ0v) is 22.2. The number of halogens is 1. The minimum absolute atomic E-state index is 0.0302. The molecule has 0 saturated heterocycles. The lowest BCUT2D eigenvalue weighted by Crippen LogP contribution is -2.35. The van der Waals surface area contributed by atoms with E-state index in [0.29, 0.717) is 36.0 Å². The number of fused-ring (bicyclic) bond motifs is 1. The molecule has 35 heavy (non-hydrogen) atoms. The summed E-state index contributed by atoms with van der Waals surface area (Å²) < 4.78 is 21.5. The maximum atomic E-state index is 12.9. The van der Waals surface area contributed by atoms with Crippen LogP contribution in [0.5, 0.6) is 23.0 Å². The van der Waals surface area contributed by atoms with Gasteiger partial charge in [0.15, 0.2) is 23.0 Å². The summed E-state index contributed by atoms with van der Waals surface area (Å²) >= 11 is 6.65. The van der Waals surface area contributed by atoms with Crippen LogP contribution in [0.25, 0.3) is 0 Å². The second kappa shape index (κ2) is 12.9. The van der Waals surface area contributed by atoms with E-state index in [2.05, 4.69) is 11.9 Å². The average Bonchev–Trinajstić information content (AvgIpc) is 3.00. The Morgan fingerprint density at radius 1 is 0.943 bits per heavy atom. The summed E-state index contributed by atoms with van der Waals surface area (Å²) in [5, 5.41) is -0.0302. The first-order chi connectivity index (χ1) is 16.9. The Kier molecular flexibility index (Phi) is 9.93. The molecular formula is C27H37ClN2O5. The molecule has 8 heteroatoms. The summed E-state index contributed by atoms with van der Waals surface area (Å²) in [6, 6.07) is 9.83. The predicted molar refractivity (Wildman–Crippen MR) is 139 cm³/mol.